The van der Waals surface area contributed by atoms with Gasteiger partial charge in [0.05, 0.1) is 83.6 Å². The average molecular weight is 736 g/mol. The van der Waals surface area contributed by atoms with Gasteiger partial charge in [0.15, 0.2) is 0 Å². The highest BCUT2D eigenvalue weighted by atomic mass is 32.2. The Labute approximate surface area is 303 Å². The van der Waals surface area contributed by atoms with Gasteiger partial charge >= 0.3 is 0 Å². The van der Waals surface area contributed by atoms with E-state index in [1.165, 1.54) is 30.4 Å². The van der Waals surface area contributed by atoms with E-state index in [0.29, 0.717) is 85.0 Å². The minimum atomic E-state index is -3.70. The molecule has 0 bridgehead atoms. The van der Waals surface area contributed by atoms with Crippen LogP contribution < -0.4 is 14.8 Å². The molecule has 4 rings (SSSR count). The number of rotatable bonds is 27. The van der Waals surface area contributed by atoms with Crippen molar-refractivity contribution in [1.29, 1.82) is 0 Å². The first-order valence-corrected chi connectivity index (χ1v) is 19.8. The van der Waals surface area contributed by atoms with Crippen molar-refractivity contribution < 1.29 is 46.4 Å². The molecule has 286 valence electrons. The summed E-state index contributed by atoms with van der Waals surface area (Å²) in [5.74, 6) is 0.535. The third kappa shape index (κ3) is 15.1. The van der Waals surface area contributed by atoms with Crippen molar-refractivity contribution in [2.24, 2.45) is 0 Å². The molecule has 0 saturated carbocycles. The Bertz CT molecular complexity index is 1360. The highest BCUT2D eigenvalue weighted by Gasteiger charge is 2.38. The molecule has 1 aliphatic carbocycles. The van der Waals surface area contributed by atoms with Gasteiger partial charge in [-0.1, -0.05) is 30.7 Å². The molecule has 1 saturated heterocycles. The first kappa shape index (κ1) is 41.1. The second-order valence-corrected chi connectivity index (χ2v) is 14.1. The van der Waals surface area contributed by atoms with Gasteiger partial charge in [-0.15, -0.1) is 0 Å². The van der Waals surface area contributed by atoms with E-state index < -0.39 is 10.0 Å². The predicted octanol–water partition coefficient (Wildman–Crippen LogP) is 3.12. The van der Waals surface area contributed by atoms with Gasteiger partial charge in [-0.05, 0) is 74.7 Å². The second kappa shape index (κ2) is 23.8. The molecule has 1 unspecified atom stereocenters. The molecule has 0 aromatic heterocycles. The maximum Gasteiger partial charge on any atom is 0.240 e. The van der Waals surface area contributed by atoms with E-state index in [9.17, 15) is 13.2 Å². The topological polar surface area (TPSA) is 143 Å². The van der Waals surface area contributed by atoms with Crippen LogP contribution in [0.4, 0.5) is 0 Å². The number of benzene rings is 2. The van der Waals surface area contributed by atoms with Gasteiger partial charge in [-0.2, -0.15) is 0 Å². The standard InChI is InChI=1S/C37H57N3O10S/c1-2-44-22-23-48-28-29-49-27-24-45-19-14-36(41)38-15-20-46-25-26-47-21-16-39-51(42,43)33-12-10-32(11-13-33)50-37-34-9-5-4-8-31(34)30-35(37)40-17-6-3-7-18-40/h4-5,8-13,35,37,39H,2-3,6-7,14-30H2,1H3,(H,38,41)/t35-,37?/m0/s1. The third-order valence-corrected chi connectivity index (χ3v) is 10.1. The number of amides is 1. The number of carbonyl (C=O) groups excluding carboxylic acids is 1. The number of piperidine rings is 1. The molecule has 0 spiro atoms. The fraction of sp³-hybridized carbons (Fsp3) is 0.649. The van der Waals surface area contributed by atoms with E-state index in [1.807, 2.05) is 6.92 Å². The van der Waals surface area contributed by atoms with E-state index in [0.717, 1.165) is 19.5 Å². The first-order valence-electron chi connectivity index (χ1n) is 18.3. The Balaban J connectivity index is 0.999. The number of ether oxygens (including phenoxy) is 7. The fourth-order valence-electron chi connectivity index (χ4n) is 6.07. The van der Waals surface area contributed by atoms with Crippen LogP contribution >= 0.6 is 0 Å². The van der Waals surface area contributed by atoms with E-state index >= 15 is 0 Å². The first-order chi connectivity index (χ1) is 25.0. The highest BCUT2D eigenvalue weighted by molar-refractivity contribution is 7.89. The highest BCUT2D eigenvalue weighted by Crippen LogP contribution is 2.39. The number of carbonyl (C=O) groups is 1. The Morgan fingerprint density at radius 1 is 0.725 bits per heavy atom. The van der Waals surface area contributed by atoms with Crippen LogP contribution in [-0.4, -0.2) is 131 Å². The number of hydrogen-bond donors (Lipinski definition) is 2. The number of fused-ring (bicyclic) bond motifs is 1. The van der Waals surface area contributed by atoms with Crippen LogP contribution in [0, 0.1) is 0 Å². The largest absolute Gasteiger partial charge is 0.484 e. The molecule has 2 N–H and O–H groups in total. The van der Waals surface area contributed by atoms with Crippen LogP contribution in [0.1, 0.15) is 49.8 Å². The molecule has 0 radical (unpaired) electrons. The SMILES string of the molecule is CCOCCOCCOCCOCCC(=O)NCCOCCOCCNS(=O)(=O)c1ccc(OC2c3ccccc3C[C@@H]2N2CCCCC2)cc1. The Morgan fingerprint density at radius 3 is 1.98 bits per heavy atom. The summed E-state index contributed by atoms with van der Waals surface area (Å²) in [6.45, 7) is 9.78. The molecule has 2 aliphatic rings. The van der Waals surface area contributed by atoms with E-state index in [2.05, 4.69) is 39.2 Å². The van der Waals surface area contributed by atoms with Gasteiger partial charge in [-0.3, -0.25) is 9.69 Å². The van der Waals surface area contributed by atoms with Gasteiger partial charge in [0, 0.05) is 26.1 Å². The van der Waals surface area contributed by atoms with Gasteiger partial charge in [0.25, 0.3) is 0 Å². The van der Waals surface area contributed by atoms with E-state index in [1.54, 1.807) is 24.3 Å². The lowest BCUT2D eigenvalue weighted by atomic mass is 10.0. The number of hydrogen-bond acceptors (Lipinski definition) is 11. The van der Waals surface area contributed by atoms with Crippen LogP contribution in [0.15, 0.2) is 53.4 Å². The molecular weight excluding hydrogens is 678 g/mol. The lowest BCUT2D eigenvalue weighted by Crippen LogP contribution is -2.43. The van der Waals surface area contributed by atoms with Crippen molar-refractivity contribution >= 4 is 15.9 Å². The van der Waals surface area contributed by atoms with Gasteiger partial charge in [0.1, 0.15) is 11.9 Å². The number of nitrogens with zero attached hydrogens (tertiary/aromatic N) is 1. The maximum atomic E-state index is 12.9. The minimum Gasteiger partial charge on any atom is -0.484 e. The molecule has 1 aliphatic heterocycles. The summed E-state index contributed by atoms with van der Waals surface area (Å²) in [6.07, 6.45) is 4.83. The molecular formula is C37H57N3O10S. The van der Waals surface area contributed by atoms with Crippen molar-refractivity contribution in [3.8, 4) is 5.75 Å². The monoisotopic (exact) mass is 735 g/mol. The minimum absolute atomic E-state index is 0.0883. The fourth-order valence-corrected chi connectivity index (χ4v) is 7.08. The zero-order chi connectivity index (χ0) is 36.0. The Kier molecular flexibility index (Phi) is 19.2. The molecule has 1 amide bonds. The number of sulfonamides is 1. The summed E-state index contributed by atoms with van der Waals surface area (Å²) >= 11 is 0. The molecule has 51 heavy (non-hydrogen) atoms. The van der Waals surface area contributed by atoms with Crippen molar-refractivity contribution in [2.45, 2.75) is 56.1 Å². The lowest BCUT2D eigenvalue weighted by molar-refractivity contribution is -0.122. The summed E-state index contributed by atoms with van der Waals surface area (Å²) in [7, 11) is -3.70. The second-order valence-electron chi connectivity index (χ2n) is 12.3. The Hall–Kier alpha value is -2.66. The molecule has 14 heteroatoms. The average Bonchev–Trinajstić information content (AvgIpc) is 3.51. The molecule has 2 atom stereocenters. The summed E-state index contributed by atoms with van der Waals surface area (Å²) in [4.78, 5) is 14.6. The predicted molar refractivity (Wildman–Crippen MR) is 193 cm³/mol. The smallest absolute Gasteiger partial charge is 0.240 e. The van der Waals surface area contributed by atoms with Crippen LogP contribution in [0.25, 0.3) is 0 Å². The quantitative estimate of drug-likeness (QED) is 0.131. The lowest BCUT2D eigenvalue weighted by Gasteiger charge is -2.35. The molecule has 13 nitrogen and oxygen atoms in total. The summed E-state index contributed by atoms with van der Waals surface area (Å²) in [5, 5.41) is 2.78. The third-order valence-electron chi connectivity index (χ3n) is 8.67. The van der Waals surface area contributed by atoms with Crippen molar-refractivity contribution in [2.75, 3.05) is 105 Å². The molecule has 1 fully saturated rings. The zero-order valence-corrected chi connectivity index (χ0v) is 30.9. The van der Waals surface area contributed by atoms with Gasteiger partial charge in [0.2, 0.25) is 15.9 Å². The zero-order valence-electron chi connectivity index (χ0n) is 30.1. The van der Waals surface area contributed by atoms with Crippen LogP contribution in [0.2, 0.25) is 0 Å². The van der Waals surface area contributed by atoms with E-state index in [4.69, 9.17) is 33.2 Å². The summed E-state index contributed by atoms with van der Waals surface area (Å²) in [6, 6.07) is 15.4. The van der Waals surface area contributed by atoms with Crippen molar-refractivity contribution in [3.63, 3.8) is 0 Å². The van der Waals surface area contributed by atoms with Crippen molar-refractivity contribution in [3.05, 3.63) is 59.7 Å². The Morgan fingerprint density at radius 2 is 1.31 bits per heavy atom. The van der Waals surface area contributed by atoms with E-state index in [-0.39, 0.29) is 42.5 Å². The van der Waals surface area contributed by atoms with Crippen LogP contribution in [0.5, 0.6) is 5.75 Å². The van der Waals surface area contributed by atoms with Gasteiger partial charge in [-0.25, -0.2) is 13.1 Å². The summed E-state index contributed by atoms with van der Waals surface area (Å²) in [5.41, 5.74) is 2.54. The summed E-state index contributed by atoms with van der Waals surface area (Å²) < 4.78 is 67.2. The van der Waals surface area contributed by atoms with Crippen LogP contribution in [-0.2, 0) is 49.7 Å². The maximum absolute atomic E-state index is 12.9. The molecule has 1 heterocycles. The number of likely N-dealkylation sites (tertiary alicyclic amines) is 1. The molecule has 2 aromatic carbocycles. The van der Waals surface area contributed by atoms with Crippen molar-refractivity contribution in [1.82, 2.24) is 14.9 Å². The number of nitrogens with one attached hydrogen (secondary N) is 2. The van der Waals surface area contributed by atoms with Crippen LogP contribution in [0.3, 0.4) is 0 Å². The molecule has 2 aromatic rings. The normalized spacial score (nSPS) is 17.7. The van der Waals surface area contributed by atoms with Gasteiger partial charge < -0.3 is 38.5 Å².